The van der Waals surface area contributed by atoms with Crippen LogP contribution in [0.4, 0.5) is 4.39 Å². The molecule has 0 saturated heterocycles. The molecule has 0 aliphatic heterocycles. The maximum Gasteiger partial charge on any atom is 0.216 e. The lowest BCUT2D eigenvalue weighted by Gasteiger charge is -2.06. The number of aromatic nitrogens is 1. The van der Waals surface area contributed by atoms with Crippen LogP contribution in [-0.2, 0) is 7.05 Å². The first-order chi connectivity index (χ1) is 11.6. The van der Waals surface area contributed by atoms with Gasteiger partial charge in [-0.25, -0.2) is 8.96 Å². The van der Waals surface area contributed by atoms with Crippen molar-refractivity contribution in [1.82, 2.24) is 0 Å². The molecule has 4 heteroatoms. The monoisotopic (exact) mass is 317 g/mol. The normalized spacial score (nSPS) is 11.1. The van der Waals surface area contributed by atoms with Crippen LogP contribution in [0.2, 0.25) is 0 Å². The number of hydrogen-bond donors (Lipinski definition) is 0. The summed E-state index contributed by atoms with van der Waals surface area (Å²) in [6.45, 7) is 1.75. The fraction of sp³-hybridized carbons (Fsp3) is 0.100. The van der Waals surface area contributed by atoms with E-state index >= 15 is 0 Å². The van der Waals surface area contributed by atoms with Crippen molar-refractivity contribution in [2.24, 2.45) is 7.05 Å². The number of pyridine rings is 1. The predicted octanol–water partition coefficient (Wildman–Crippen LogP) is 4.40. The zero-order valence-electron chi connectivity index (χ0n) is 13.3. The molecule has 0 amide bonds. The Morgan fingerprint density at radius 1 is 1.12 bits per heavy atom. The Hall–Kier alpha value is -3.19. The molecule has 0 radical (unpaired) electrons. The number of furan rings is 1. The first-order valence-electron chi connectivity index (χ1n) is 7.60. The average Bonchev–Trinajstić information content (AvgIpc) is 2.94. The number of fused-ring (bicyclic) bond motifs is 3. The van der Waals surface area contributed by atoms with Crippen molar-refractivity contribution in [3.63, 3.8) is 0 Å². The molecule has 0 saturated carbocycles. The number of benzene rings is 2. The van der Waals surface area contributed by atoms with Gasteiger partial charge in [-0.3, -0.25) is 0 Å². The van der Waals surface area contributed by atoms with Crippen LogP contribution in [0.25, 0.3) is 33.2 Å². The zero-order valence-corrected chi connectivity index (χ0v) is 13.3. The molecule has 116 valence electrons. The lowest BCUT2D eigenvalue weighted by molar-refractivity contribution is -0.660. The van der Waals surface area contributed by atoms with E-state index in [4.69, 9.17) is 9.68 Å². The summed E-state index contributed by atoms with van der Waals surface area (Å²) in [5.74, 6) is -0.286. The molecule has 0 spiro atoms. The van der Waals surface area contributed by atoms with Gasteiger partial charge in [-0.05, 0) is 37.3 Å². The SMILES string of the molecule is Cc1c(F)cc2c(oc3ccc(C#N)cc32)c1-c1cccc[n+]1C. The van der Waals surface area contributed by atoms with Crippen molar-refractivity contribution < 1.29 is 13.4 Å². The molecule has 0 N–H and O–H groups in total. The lowest BCUT2D eigenvalue weighted by atomic mass is 9.99. The third-order valence-corrected chi connectivity index (χ3v) is 4.40. The highest BCUT2D eigenvalue weighted by Gasteiger charge is 2.22. The molecule has 2 aromatic carbocycles. The van der Waals surface area contributed by atoms with Crippen LogP contribution in [-0.4, -0.2) is 0 Å². The molecule has 0 unspecified atom stereocenters. The van der Waals surface area contributed by atoms with Crippen molar-refractivity contribution in [3.05, 3.63) is 65.6 Å². The molecule has 0 bridgehead atoms. The Kier molecular flexibility index (Phi) is 3.10. The average molecular weight is 317 g/mol. The van der Waals surface area contributed by atoms with Crippen LogP contribution in [0.15, 0.2) is 53.1 Å². The van der Waals surface area contributed by atoms with Crippen LogP contribution in [0, 0.1) is 24.1 Å². The minimum absolute atomic E-state index is 0.286. The van der Waals surface area contributed by atoms with Crippen LogP contribution in [0.1, 0.15) is 11.1 Å². The van der Waals surface area contributed by atoms with E-state index in [-0.39, 0.29) is 5.82 Å². The maximum absolute atomic E-state index is 14.6. The van der Waals surface area contributed by atoms with E-state index in [2.05, 4.69) is 6.07 Å². The minimum Gasteiger partial charge on any atom is -0.455 e. The number of aryl methyl sites for hydroxylation is 1. The van der Waals surface area contributed by atoms with Gasteiger partial charge in [0.15, 0.2) is 6.20 Å². The summed E-state index contributed by atoms with van der Waals surface area (Å²) in [7, 11) is 1.92. The van der Waals surface area contributed by atoms with E-state index < -0.39 is 0 Å². The molecule has 0 aliphatic carbocycles. The summed E-state index contributed by atoms with van der Waals surface area (Å²) in [5.41, 5.74) is 3.97. The molecule has 0 fully saturated rings. The van der Waals surface area contributed by atoms with E-state index in [1.807, 2.05) is 36.0 Å². The fourth-order valence-corrected chi connectivity index (χ4v) is 3.13. The molecule has 0 atom stereocenters. The number of nitrogens with zero attached hydrogens (tertiary/aromatic N) is 2. The Morgan fingerprint density at radius 3 is 2.71 bits per heavy atom. The van der Waals surface area contributed by atoms with Crippen LogP contribution >= 0.6 is 0 Å². The van der Waals surface area contributed by atoms with Gasteiger partial charge in [-0.15, -0.1) is 0 Å². The van der Waals surface area contributed by atoms with E-state index in [1.165, 1.54) is 6.07 Å². The van der Waals surface area contributed by atoms with Gasteiger partial charge in [0.05, 0.1) is 17.2 Å². The van der Waals surface area contributed by atoms with Crippen LogP contribution in [0.5, 0.6) is 0 Å². The van der Waals surface area contributed by atoms with Gasteiger partial charge in [0.1, 0.15) is 24.0 Å². The van der Waals surface area contributed by atoms with E-state index in [0.29, 0.717) is 27.7 Å². The Bertz CT molecular complexity index is 1150. The number of hydrogen-bond acceptors (Lipinski definition) is 2. The number of nitriles is 1. The molecule has 3 nitrogen and oxygen atoms in total. The lowest BCUT2D eigenvalue weighted by Crippen LogP contribution is -2.30. The second-order valence-corrected chi connectivity index (χ2v) is 5.86. The topological polar surface area (TPSA) is 40.8 Å². The van der Waals surface area contributed by atoms with Crippen molar-refractivity contribution in [2.45, 2.75) is 6.92 Å². The highest BCUT2D eigenvalue weighted by Crippen LogP contribution is 2.38. The molecule has 4 rings (SSSR count). The molecular weight excluding hydrogens is 303 g/mol. The summed E-state index contributed by atoms with van der Waals surface area (Å²) in [6.07, 6.45) is 1.92. The van der Waals surface area contributed by atoms with Gasteiger partial charge >= 0.3 is 0 Å². The predicted molar refractivity (Wildman–Crippen MR) is 89.7 cm³/mol. The van der Waals surface area contributed by atoms with Crippen molar-refractivity contribution in [3.8, 4) is 17.3 Å². The van der Waals surface area contributed by atoms with Crippen LogP contribution < -0.4 is 4.57 Å². The summed E-state index contributed by atoms with van der Waals surface area (Å²) < 4.78 is 22.6. The quantitative estimate of drug-likeness (QED) is 0.488. The van der Waals surface area contributed by atoms with Crippen molar-refractivity contribution in [1.29, 1.82) is 5.26 Å². The fourth-order valence-electron chi connectivity index (χ4n) is 3.13. The second-order valence-electron chi connectivity index (χ2n) is 5.86. The van der Waals surface area contributed by atoms with Crippen molar-refractivity contribution >= 4 is 21.9 Å². The molecule has 4 aromatic rings. The highest BCUT2D eigenvalue weighted by molar-refractivity contribution is 6.10. The van der Waals surface area contributed by atoms with Gasteiger partial charge in [-0.1, -0.05) is 0 Å². The molecule has 24 heavy (non-hydrogen) atoms. The number of rotatable bonds is 1. The molecular formula is C20H14FN2O+. The maximum atomic E-state index is 14.6. The minimum atomic E-state index is -0.286. The molecule has 0 aliphatic rings. The van der Waals surface area contributed by atoms with E-state index in [0.717, 1.165) is 16.6 Å². The molecule has 2 aromatic heterocycles. The summed E-state index contributed by atoms with van der Waals surface area (Å²) in [5, 5.41) is 10.6. The summed E-state index contributed by atoms with van der Waals surface area (Å²) >= 11 is 0. The molecule has 2 heterocycles. The Balaban J connectivity index is 2.19. The van der Waals surface area contributed by atoms with Gasteiger partial charge in [-0.2, -0.15) is 5.26 Å². The largest absolute Gasteiger partial charge is 0.455 e. The summed E-state index contributed by atoms with van der Waals surface area (Å²) in [4.78, 5) is 0. The van der Waals surface area contributed by atoms with Crippen LogP contribution in [0.3, 0.4) is 0 Å². The van der Waals surface area contributed by atoms with E-state index in [9.17, 15) is 4.39 Å². The standard InChI is InChI=1S/C20H14FN2O/c1-12-16(21)10-15-14-9-13(11-22)6-7-18(14)24-20(15)19(12)17-5-3-4-8-23(17)2/h3-10H,1-2H3/q+1. The van der Waals surface area contributed by atoms with E-state index in [1.54, 1.807) is 25.1 Å². The Morgan fingerprint density at radius 2 is 1.96 bits per heavy atom. The van der Waals surface area contributed by atoms with Gasteiger partial charge in [0.25, 0.3) is 0 Å². The third kappa shape index (κ3) is 1.99. The van der Waals surface area contributed by atoms with Gasteiger partial charge in [0, 0.05) is 28.5 Å². The number of halogens is 1. The van der Waals surface area contributed by atoms with Gasteiger partial charge < -0.3 is 4.42 Å². The van der Waals surface area contributed by atoms with Crippen molar-refractivity contribution in [2.75, 3.05) is 0 Å². The first-order valence-corrected chi connectivity index (χ1v) is 7.60. The second kappa shape index (κ2) is 5.17. The van der Waals surface area contributed by atoms with Gasteiger partial charge in [0.2, 0.25) is 5.69 Å². The first kappa shape index (κ1) is 14.4. The third-order valence-electron chi connectivity index (χ3n) is 4.40. The highest BCUT2D eigenvalue weighted by atomic mass is 19.1. The Labute approximate surface area is 138 Å². The zero-order chi connectivity index (χ0) is 16.8. The summed E-state index contributed by atoms with van der Waals surface area (Å²) in [6, 6.07) is 14.6. The smallest absolute Gasteiger partial charge is 0.216 e.